The Bertz CT molecular complexity index is 1210. The number of benzene rings is 2. The van der Waals surface area contributed by atoms with Crippen molar-refractivity contribution in [2.24, 2.45) is 7.05 Å². The lowest BCUT2D eigenvalue weighted by molar-refractivity contribution is 0.0714. The van der Waals surface area contributed by atoms with E-state index < -0.39 is 0 Å². The summed E-state index contributed by atoms with van der Waals surface area (Å²) < 4.78 is 7.11. The molecule has 0 saturated heterocycles. The summed E-state index contributed by atoms with van der Waals surface area (Å²) in [6.07, 6.45) is 3.10. The summed E-state index contributed by atoms with van der Waals surface area (Å²) in [5.41, 5.74) is 2.60. The minimum atomic E-state index is -0.204. The van der Waals surface area contributed by atoms with Gasteiger partial charge >= 0.3 is 0 Å². The van der Waals surface area contributed by atoms with Gasteiger partial charge in [-0.3, -0.25) is 9.59 Å². The molecule has 0 aliphatic carbocycles. The second-order valence-corrected chi connectivity index (χ2v) is 7.84. The zero-order chi connectivity index (χ0) is 22.5. The van der Waals surface area contributed by atoms with Gasteiger partial charge in [0.25, 0.3) is 11.8 Å². The molecule has 7 nitrogen and oxygen atoms in total. The number of aryl methyl sites for hydroxylation is 1. The van der Waals surface area contributed by atoms with E-state index in [2.05, 4.69) is 10.5 Å². The molecule has 32 heavy (non-hydrogen) atoms. The second kappa shape index (κ2) is 9.51. The predicted octanol–water partition coefficient (Wildman–Crippen LogP) is 3.67. The van der Waals surface area contributed by atoms with E-state index >= 15 is 0 Å². The van der Waals surface area contributed by atoms with Crippen LogP contribution in [0.1, 0.15) is 33.0 Å². The molecule has 2 heterocycles. The molecule has 1 atom stereocenters. The van der Waals surface area contributed by atoms with Crippen LogP contribution in [0, 0.1) is 0 Å². The molecule has 2 aromatic carbocycles. The number of rotatable bonds is 8. The minimum Gasteiger partial charge on any atom is -0.355 e. The van der Waals surface area contributed by atoms with Crippen molar-refractivity contribution in [3.05, 3.63) is 89.9 Å². The third-order valence-electron chi connectivity index (χ3n) is 5.70. The maximum atomic E-state index is 13.3. The quantitative estimate of drug-likeness (QED) is 0.463. The molecule has 2 aromatic heterocycles. The first-order valence-electron chi connectivity index (χ1n) is 10.6. The van der Waals surface area contributed by atoms with Gasteiger partial charge in [-0.2, -0.15) is 0 Å². The summed E-state index contributed by atoms with van der Waals surface area (Å²) >= 11 is 0. The van der Waals surface area contributed by atoms with Gasteiger partial charge in [-0.15, -0.1) is 0 Å². The van der Waals surface area contributed by atoms with Gasteiger partial charge in [0.1, 0.15) is 5.69 Å². The van der Waals surface area contributed by atoms with Crippen molar-refractivity contribution >= 4 is 22.8 Å². The zero-order valence-electron chi connectivity index (χ0n) is 18.2. The van der Waals surface area contributed by atoms with E-state index in [0.29, 0.717) is 41.7 Å². The fourth-order valence-electron chi connectivity index (χ4n) is 3.83. The third kappa shape index (κ3) is 4.56. The highest BCUT2D eigenvalue weighted by atomic mass is 16.5. The zero-order valence-corrected chi connectivity index (χ0v) is 18.2. The molecule has 2 amide bonds. The highest BCUT2D eigenvalue weighted by Gasteiger charge is 2.26. The Morgan fingerprint density at radius 2 is 1.81 bits per heavy atom. The lowest BCUT2D eigenvalue weighted by Gasteiger charge is -2.28. The molecule has 4 rings (SSSR count). The topological polar surface area (TPSA) is 80.4 Å². The van der Waals surface area contributed by atoms with Crippen LogP contribution in [0.4, 0.5) is 0 Å². The van der Waals surface area contributed by atoms with Crippen LogP contribution in [-0.4, -0.2) is 46.1 Å². The van der Waals surface area contributed by atoms with Crippen molar-refractivity contribution in [2.75, 3.05) is 13.6 Å². The van der Waals surface area contributed by atoms with E-state index in [4.69, 9.17) is 4.52 Å². The van der Waals surface area contributed by atoms with Gasteiger partial charge in [0, 0.05) is 32.9 Å². The SMILES string of the molecule is CN(C(=O)c1noc2ccccc12)C(CCNC(=O)c1cccn1C)Cc1ccccc1. The maximum Gasteiger partial charge on any atom is 0.276 e. The molecule has 164 valence electrons. The molecule has 0 bridgehead atoms. The van der Waals surface area contributed by atoms with E-state index in [1.807, 2.05) is 67.8 Å². The number of para-hydroxylation sites is 1. The van der Waals surface area contributed by atoms with E-state index in [1.165, 1.54) is 0 Å². The summed E-state index contributed by atoms with van der Waals surface area (Å²) in [6, 6.07) is 20.8. The second-order valence-electron chi connectivity index (χ2n) is 7.84. The molecule has 7 heteroatoms. The number of carbonyl (C=O) groups is 2. The third-order valence-corrected chi connectivity index (χ3v) is 5.70. The largest absolute Gasteiger partial charge is 0.355 e. The Hall–Kier alpha value is -3.87. The Morgan fingerprint density at radius 3 is 2.56 bits per heavy atom. The number of amides is 2. The fourth-order valence-corrected chi connectivity index (χ4v) is 3.83. The number of likely N-dealkylation sites (N-methyl/N-ethyl adjacent to an activating group) is 1. The van der Waals surface area contributed by atoms with Crippen molar-refractivity contribution in [3.63, 3.8) is 0 Å². The van der Waals surface area contributed by atoms with Crippen LogP contribution in [0.15, 0.2) is 77.4 Å². The van der Waals surface area contributed by atoms with Crippen molar-refractivity contribution in [1.29, 1.82) is 0 Å². The van der Waals surface area contributed by atoms with Crippen LogP contribution in [0.5, 0.6) is 0 Å². The molecule has 1 N–H and O–H groups in total. The Kier molecular flexibility index (Phi) is 6.35. The number of fused-ring (bicyclic) bond motifs is 1. The van der Waals surface area contributed by atoms with Crippen molar-refractivity contribution in [2.45, 2.75) is 18.9 Å². The first-order valence-corrected chi connectivity index (χ1v) is 10.6. The van der Waals surface area contributed by atoms with Gasteiger partial charge in [0.15, 0.2) is 11.3 Å². The van der Waals surface area contributed by atoms with Gasteiger partial charge in [0.2, 0.25) is 0 Å². The Balaban J connectivity index is 1.49. The lowest BCUT2D eigenvalue weighted by Crippen LogP contribution is -2.41. The molecule has 0 spiro atoms. The lowest BCUT2D eigenvalue weighted by atomic mass is 10.0. The van der Waals surface area contributed by atoms with Gasteiger partial charge in [-0.05, 0) is 42.7 Å². The maximum absolute atomic E-state index is 13.3. The van der Waals surface area contributed by atoms with E-state index in [1.54, 1.807) is 28.6 Å². The number of nitrogens with zero attached hydrogens (tertiary/aromatic N) is 3. The van der Waals surface area contributed by atoms with Gasteiger partial charge < -0.3 is 19.3 Å². The Labute approximate surface area is 186 Å². The summed E-state index contributed by atoms with van der Waals surface area (Å²) in [4.78, 5) is 27.5. The Morgan fingerprint density at radius 1 is 1.06 bits per heavy atom. The molecular formula is C25H26N4O3. The highest BCUT2D eigenvalue weighted by molar-refractivity contribution is 6.04. The van der Waals surface area contributed by atoms with Crippen LogP contribution in [-0.2, 0) is 13.5 Å². The fraction of sp³-hybridized carbons (Fsp3) is 0.240. The van der Waals surface area contributed by atoms with E-state index in [0.717, 1.165) is 5.56 Å². The number of hydrogen-bond acceptors (Lipinski definition) is 4. The standard InChI is InChI=1S/C25H26N4O3/c1-28-16-8-12-21(28)24(30)26-15-14-19(17-18-9-4-3-5-10-18)29(2)25(31)23-20-11-6-7-13-22(20)32-27-23/h3-13,16,19H,14-15,17H2,1-2H3,(H,26,30). The first-order chi connectivity index (χ1) is 15.5. The van der Waals surface area contributed by atoms with Crippen molar-refractivity contribution in [3.8, 4) is 0 Å². The van der Waals surface area contributed by atoms with Gasteiger partial charge in [-0.25, -0.2) is 0 Å². The molecule has 0 radical (unpaired) electrons. The number of aromatic nitrogens is 2. The predicted molar refractivity (Wildman–Crippen MR) is 122 cm³/mol. The highest BCUT2D eigenvalue weighted by Crippen LogP contribution is 2.21. The molecule has 0 aliphatic rings. The van der Waals surface area contributed by atoms with E-state index in [9.17, 15) is 9.59 Å². The molecular weight excluding hydrogens is 404 g/mol. The van der Waals surface area contributed by atoms with Gasteiger partial charge in [-0.1, -0.05) is 47.6 Å². The normalized spacial score (nSPS) is 11.9. The van der Waals surface area contributed by atoms with E-state index in [-0.39, 0.29) is 17.9 Å². The van der Waals surface area contributed by atoms with Crippen molar-refractivity contribution < 1.29 is 14.1 Å². The number of hydrogen-bond donors (Lipinski definition) is 1. The van der Waals surface area contributed by atoms with Crippen LogP contribution in [0.25, 0.3) is 11.0 Å². The summed E-state index contributed by atoms with van der Waals surface area (Å²) in [5, 5.41) is 7.68. The smallest absolute Gasteiger partial charge is 0.276 e. The average Bonchev–Trinajstić information content (AvgIpc) is 3.44. The van der Waals surface area contributed by atoms with Crippen molar-refractivity contribution in [1.82, 2.24) is 19.9 Å². The molecule has 0 fully saturated rings. The summed E-state index contributed by atoms with van der Waals surface area (Å²) in [5.74, 6) is -0.336. The number of nitrogens with one attached hydrogen (secondary N) is 1. The van der Waals surface area contributed by atoms with Crippen LogP contribution in [0.2, 0.25) is 0 Å². The summed E-state index contributed by atoms with van der Waals surface area (Å²) in [7, 11) is 3.61. The first kappa shape index (κ1) is 21.4. The minimum absolute atomic E-state index is 0.130. The van der Waals surface area contributed by atoms with Crippen LogP contribution < -0.4 is 5.32 Å². The average molecular weight is 431 g/mol. The van der Waals surface area contributed by atoms with Gasteiger partial charge in [0.05, 0.1) is 5.39 Å². The summed E-state index contributed by atoms with van der Waals surface area (Å²) in [6.45, 7) is 0.443. The monoisotopic (exact) mass is 430 g/mol. The molecule has 0 aliphatic heterocycles. The van der Waals surface area contributed by atoms with Crippen LogP contribution >= 0.6 is 0 Å². The van der Waals surface area contributed by atoms with Crippen LogP contribution in [0.3, 0.4) is 0 Å². The molecule has 4 aromatic rings. The molecule has 0 saturated carbocycles. The molecule has 1 unspecified atom stereocenters. The number of carbonyl (C=O) groups excluding carboxylic acids is 2.